The third kappa shape index (κ3) is 22.7. The minimum Gasteiger partial charge on any atom is -0.494 e. The molecule has 17 N–H and O–H groups in total. The monoisotopic (exact) mass is 1210 g/mol. The third-order valence-corrected chi connectivity index (χ3v) is 15.1. The van der Waals surface area contributed by atoms with Crippen LogP contribution in [0.25, 0.3) is 0 Å². The number of primary amides is 3. The Hall–Kier alpha value is -7.88. The highest BCUT2D eigenvalue weighted by molar-refractivity contribution is 7.81. The van der Waals surface area contributed by atoms with E-state index in [-0.39, 0.29) is 76.8 Å². The number of thiol groups is 1. The first-order valence-corrected chi connectivity index (χ1v) is 29.0. The molecule has 0 aromatic heterocycles. The average Bonchev–Trinajstić information content (AvgIpc) is 4.15. The maximum absolute atomic E-state index is 14.5. The fourth-order valence-corrected chi connectivity index (χ4v) is 10.5. The smallest absolute Gasteiger partial charge is 0.250 e. The minimum absolute atomic E-state index is 0.0121. The number of nitrogens with two attached hydrogens (primary N) is 5. The normalized spacial score (nSPS) is 17.0. The largest absolute Gasteiger partial charge is 0.494 e. The van der Waals surface area contributed by atoms with Crippen LogP contribution in [-0.2, 0) is 65.6 Å². The summed E-state index contributed by atoms with van der Waals surface area (Å²) in [4.78, 5) is 154. The van der Waals surface area contributed by atoms with E-state index in [9.17, 15) is 52.7 Å². The van der Waals surface area contributed by atoms with Crippen LogP contribution >= 0.6 is 24.8 Å². The summed E-state index contributed by atoms with van der Waals surface area (Å²) in [5.41, 5.74) is 28.5. The van der Waals surface area contributed by atoms with Gasteiger partial charge in [0.2, 0.25) is 59.1 Å². The van der Waals surface area contributed by atoms with Crippen LogP contribution in [0.2, 0.25) is 0 Å². The van der Waals surface area contributed by atoms with Gasteiger partial charge < -0.3 is 75.5 Å². The summed E-state index contributed by atoms with van der Waals surface area (Å²) in [5.74, 6) is -9.49. The fraction of sp³-hybridized carbons (Fsp3) is 0.554. The van der Waals surface area contributed by atoms with Gasteiger partial charge in [-0.2, -0.15) is 12.6 Å². The maximum Gasteiger partial charge on any atom is 0.250 e. The minimum atomic E-state index is -1.74. The Morgan fingerprint density at radius 3 is 1.86 bits per heavy atom. The lowest BCUT2D eigenvalue weighted by atomic mass is 9.85. The van der Waals surface area contributed by atoms with Gasteiger partial charge in [-0.1, -0.05) is 87.8 Å². The van der Waals surface area contributed by atoms with Gasteiger partial charge in [0.25, 0.3) is 5.91 Å². The lowest BCUT2D eigenvalue weighted by Crippen LogP contribution is -2.61. The Morgan fingerprint density at radius 2 is 1.27 bits per heavy atom. The topological polar surface area (TPSA) is 427 Å². The van der Waals surface area contributed by atoms with Crippen molar-refractivity contribution < 1.29 is 57.5 Å². The van der Waals surface area contributed by atoms with Crippen LogP contribution in [0.1, 0.15) is 115 Å². The van der Waals surface area contributed by atoms with Crippen LogP contribution < -0.4 is 70.6 Å². The fourth-order valence-electron chi connectivity index (χ4n) is 9.83. The molecule has 1 aliphatic carbocycles. The first-order chi connectivity index (χ1) is 39.8. The molecular weight excluding hydrogens is 1120 g/mol. The number of hydrogen-bond donors (Lipinski definition) is 13. The number of ether oxygens (including phenoxy) is 1. The number of carbonyl (C=O) groups excluding carboxylic acids is 11. The summed E-state index contributed by atoms with van der Waals surface area (Å²) in [5, 5.41) is 19.2. The molecule has 1 saturated carbocycles. The molecule has 460 valence electrons. The molecule has 1 heterocycles. The predicted molar refractivity (Wildman–Crippen MR) is 319 cm³/mol. The predicted octanol–water partition coefficient (Wildman–Crippen LogP) is -1.39. The van der Waals surface area contributed by atoms with Gasteiger partial charge in [-0.05, 0) is 81.0 Å². The molecule has 1 saturated heterocycles. The molecule has 8 atom stereocenters. The van der Waals surface area contributed by atoms with Crippen molar-refractivity contribution in [2.24, 2.45) is 39.6 Å². The van der Waals surface area contributed by atoms with E-state index in [1.54, 1.807) is 68.4 Å². The van der Waals surface area contributed by atoms with Gasteiger partial charge in [0.1, 0.15) is 54.1 Å². The van der Waals surface area contributed by atoms with Crippen molar-refractivity contribution in [3.8, 4) is 5.75 Å². The van der Waals surface area contributed by atoms with Crippen LogP contribution in [0.5, 0.6) is 5.75 Å². The third-order valence-electron chi connectivity index (χ3n) is 14.3. The second-order valence-electron chi connectivity index (χ2n) is 21.4. The van der Waals surface area contributed by atoms with E-state index >= 15 is 0 Å². The van der Waals surface area contributed by atoms with Gasteiger partial charge in [-0.15, -0.1) is 0 Å². The molecule has 1 aliphatic heterocycles. The number of likely N-dealkylation sites (tertiary alicyclic amines) is 1. The molecule has 0 radical (unpaired) electrons. The van der Waals surface area contributed by atoms with E-state index in [1.807, 2.05) is 6.92 Å². The SMILES string of the molecule is CCOc1ccc(C[C@@H](NC(=O)CC2(S)CCCCC2)C(=O)N[C@@H](Cc2ccccc2)C(=O)N[C@H](C(=O)N[C@@H](CC(N)=O)C(=O)N[C@@H](C=S)C(=O)N2CCC[C@H]2C(=O)N[C@@H](CCC(N)=O)C(=O)N[C@@H](CCCN=C(N)N)C(N)=O)C(C)C)cc1. The Bertz CT molecular complexity index is 2670. The van der Waals surface area contributed by atoms with Crippen molar-refractivity contribution in [1.29, 1.82) is 0 Å². The number of rotatable bonds is 34. The summed E-state index contributed by atoms with van der Waals surface area (Å²) in [7, 11) is 0. The van der Waals surface area contributed by atoms with Crippen LogP contribution in [0, 0.1) is 5.92 Å². The van der Waals surface area contributed by atoms with Crippen molar-refractivity contribution in [3.05, 3.63) is 65.7 Å². The Kier molecular flexibility index (Phi) is 27.8. The zero-order chi connectivity index (χ0) is 62.1. The highest BCUT2D eigenvalue weighted by atomic mass is 32.1. The summed E-state index contributed by atoms with van der Waals surface area (Å²) in [6.45, 7) is 5.61. The molecule has 28 heteroatoms. The molecule has 2 aliphatic rings. The average molecular weight is 1210 g/mol. The second kappa shape index (κ2) is 34.0. The number of thiocarbonyl (C=S) groups is 1. The van der Waals surface area contributed by atoms with Crippen LogP contribution in [0.15, 0.2) is 59.6 Å². The molecule has 0 unspecified atom stereocenters. The van der Waals surface area contributed by atoms with Crippen LogP contribution in [0.4, 0.5) is 0 Å². The quantitative estimate of drug-likeness (QED) is 0.0126. The highest BCUT2D eigenvalue weighted by Gasteiger charge is 2.41. The number of nitrogens with one attached hydrogen (secondary N) is 7. The highest BCUT2D eigenvalue weighted by Crippen LogP contribution is 2.36. The first kappa shape index (κ1) is 68.6. The molecule has 11 amide bonds. The molecule has 2 aromatic carbocycles. The number of aliphatic imine (C=N–C) groups is 1. The number of nitrogens with zero attached hydrogens (tertiary/aromatic N) is 2. The molecule has 4 rings (SSSR count). The standard InChI is InChI=1S/C56H82N14O12S2/c1-4-82-35-19-17-34(18-20-35)28-38(63-45(73)30-56(84)23-9-6-10-24-56)49(76)66-39(27-33-13-7-5-8-14-33)51(78)69-46(32(2)3)53(80)67-40(29-44(58)72)50(77)68-41(31-83)54(81)70-26-12-16-42(70)52(79)65-37(21-22-43(57)71)48(75)64-36(47(59)74)15-11-25-62-55(60)61/h5,7-8,13-14,17-20,31-32,36-42,46,84H,4,6,9-12,15-16,21-30H2,1-3H3,(H2,57,71)(H2,58,72)(H2,59,74)(H,63,73)(H,64,75)(H,65,79)(H,66,76)(H,67,80)(H,68,77)(H,69,78)(H4,60,61,62)/t36-,37-,38+,39-,40-,41-,42-,46-/m0/s1. The van der Waals surface area contributed by atoms with Gasteiger partial charge in [-0.25, -0.2) is 0 Å². The van der Waals surface area contributed by atoms with E-state index in [1.165, 1.54) is 0 Å². The molecule has 0 spiro atoms. The molecule has 2 fully saturated rings. The molecular formula is C56H82N14O12S2. The number of guanidine groups is 1. The summed E-state index contributed by atoms with van der Waals surface area (Å²) < 4.78 is 5.05. The van der Waals surface area contributed by atoms with Gasteiger partial charge in [-0.3, -0.25) is 57.7 Å². The van der Waals surface area contributed by atoms with E-state index in [2.05, 4.69) is 42.2 Å². The van der Waals surface area contributed by atoms with Crippen molar-refractivity contribution in [2.75, 3.05) is 19.7 Å². The maximum atomic E-state index is 14.5. The van der Waals surface area contributed by atoms with E-state index in [0.717, 1.165) is 42.4 Å². The van der Waals surface area contributed by atoms with E-state index in [4.69, 9.17) is 58.3 Å². The van der Waals surface area contributed by atoms with Gasteiger partial charge >= 0.3 is 0 Å². The lowest BCUT2D eigenvalue weighted by molar-refractivity contribution is -0.141. The van der Waals surface area contributed by atoms with Gasteiger partial charge in [0.05, 0.1) is 13.0 Å². The Morgan fingerprint density at radius 1 is 0.690 bits per heavy atom. The van der Waals surface area contributed by atoms with Gasteiger partial charge in [0, 0.05) is 48.9 Å². The number of benzene rings is 2. The zero-order valence-corrected chi connectivity index (χ0v) is 49.4. The van der Waals surface area contributed by atoms with E-state index in [0.29, 0.717) is 23.5 Å². The number of carbonyl (C=O) groups is 11. The molecule has 26 nitrogen and oxygen atoms in total. The van der Waals surface area contributed by atoms with Crippen molar-refractivity contribution in [1.82, 2.24) is 42.1 Å². The van der Waals surface area contributed by atoms with Crippen LogP contribution in [-0.4, -0.2) is 154 Å². The molecule has 2 aromatic rings. The van der Waals surface area contributed by atoms with E-state index < -0.39 is 130 Å². The summed E-state index contributed by atoms with van der Waals surface area (Å²) >= 11 is 10.0. The van der Waals surface area contributed by atoms with Crippen molar-refractivity contribution >= 4 is 101 Å². The molecule has 0 bridgehead atoms. The zero-order valence-electron chi connectivity index (χ0n) is 47.7. The second-order valence-corrected chi connectivity index (χ2v) is 22.6. The van der Waals surface area contributed by atoms with Gasteiger partial charge in [0.15, 0.2) is 5.96 Å². The number of amides is 11. The van der Waals surface area contributed by atoms with Crippen molar-refractivity contribution in [3.63, 3.8) is 0 Å². The Labute approximate surface area is 499 Å². The first-order valence-electron chi connectivity index (χ1n) is 28.1. The lowest BCUT2D eigenvalue weighted by Gasteiger charge is -2.32. The molecule has 84 heavy (non-hydrogen) atoms. The summed E-state index contributed by atoms with van der Waals surface area (Å²) in [6, 6.07) is 4.65. The van der Waals surface area contributed by atoms with Crippen molar-refractivity contribution in [2.45, 2.75) is 170 Å². The Balaban J connectivity index is 1.52. The summed E-state index contributed by atoms with van der Waals surface area (Å²) in [6.07, 6.45) is 3.60. The number of hydrogen-bond acceptors (Lipinski definition) is 15. The van der Waals surface area contributed by atoms with Crippen LogP contribution in [0.3, 0.4) is 0 Å².